The Morgan fingerprint density at radius 3 is 1.53 bits per heavy atom. The highest BCUT2D eigenvalue weighted by Gasteiger charge is 2.25. The molecule has 0 aliphatic carbocycles. The van der Waals surface area contributed by atoms with Crippen LogP contribution in [-0.4, -0.2) is 79.8 Å². The Bertz CT molecular complexity index is 943. The minimum absolute atomic E-state index is 0.0418. The van der Waals surface area contributed by atoms with Gasteiger partial charge >= 0.3 is 0 Å². The van der Waals surface area contributed by atoms with Gasteiger partial charge in [0.2, 0.25) is 5.91 Å². The third-order valence-electron chi connectivity index (χ3n) is 10.5. The number of allylic oxidation sites excluding steroid dienone is 1. The molecular formula is C45H91N2O7P. The molecule has 0 saturated heterocycles. The van der Waals surface area contributed by atoms with Gasteiger partial charge in [-0.3, -0.25) is 9.36 Å². The van der Waals surface area contributed by atoms with Gasteiger partial charge in [-0.2, -0.15) is 0 Å². The molecule has 1 amide bonds. The zero-order valence-electron chi connectivity index (χ0n) is 36.9. The second kappa shape index (κ2) is 36.3. The van der Waals surface area contributed by atoms with Gasteiger partial charge < -0.3 is 34.0 Å². The van der Waals surface area contributed by atoms with Crippen LogP contribution in [0.1, 0.15) is 207 Å². The van der Waals surface area contributed by atoms with E-state index in [2.05, 4.69) is 26.1 Å². The quantitative estimate of drug-likeness (QED) is 0.0243. The van der Waals surface area contributed by atoms with Gasteiger partial charge in [0.15, 0.2) is 0 Å². The largest absolute Gasteiger partial charge is 0.756 e. The molecule has 0 spiro atoms. The molecule has 0 aliphatic heterocycles. The van der Waals surface area contributed by atoms with Crippen LogP contribution in [0.5, 0.6) is 0 Å². The van der Waals surface area contributed by atoms with Crippen LogP contribution < -0.4 is 10.2 Å². The second-order valence-corrected chi connectivity index (χ2v) is 19.1. The number of aliphatic hydroxyl groups excluding tert-OH is 2. The van der Waals surface area contributed by atoms with Crippen molar-refractivity contribution in [2.45, 2.75) is 225 Å². The summed E-state index contributed by atoms with van der Waals surface area (Å²) in [4.78, 5) is 25.4. The highest BCUT2D eigenvalue weighted by molar-refractivity contribution is 7.45. The summed E-state index contributed by atoms with van der Waals surface area (Å²) in [6.07, 6.45) is 36.2. The molecule has 0 heterocycles. The lowest BCUT2D eigenvalue weighted by atomic mass is 10.0. The maximum Gasteiger partial charge on any atom is 0.268 e. The van der Waals surface area contributed by atoms with Crippen molar-refractivity contribution in [1.82, 2.24) is 5.32 Å². The molecule has 10 heteroatoms. The number of nitrogens with one attached hydrogen (secondary N) is 1. The third kappa shape index (κ3) is 38.5. The molecule has 0 aliphatic rings. The molecule has 0 aromatic heterocycles. The number of carbonyl (C=O) groups excluding carboxylic acids is 1. The average Bonchev–Trinajstić information content (AvgIpc) is 3.12. The number of phosphoric acid groups is 1. The fourth-order valence-electron chi connectivity index (χ4n) is 6.76. The van der Waals surface area contributed by atoms with Crippen LogP contribution in [0.15, 0.2) is 12.2 Å². The van der Waals surface area contributed by atoms with Crippen LogP contribution in [0.2, 0.25) is 0 Å². The van der Waals surface area contributed by atoms with Gasteiger partial charge in [-0.15, -0.1) is 0 Å². The number of likely N-dealkylation sites (N-methyl/N-ethyl adjacent to an activating group) is 1. The first-order chi connectivity index (χ1) is 26.3. The predicted octanol–water partition coefficient (Wildman–Crippen LogP) is 10.9. The van der Waals surface area contributed by atoms with E-state index in [1.54, 1.807) is 6.08 Å². The monoisotopic (exact) mass is 803 g/mol. The standard InChI is InChI=1S/C45H91N2O7P/c1-7-8-9-10-11-12-13-14-15-16-17-18-19-20-21-24-28-31-34-37-44(49)45(50)46-42(40-54-55(51,52)53-39-38-47(4,5)6)43(48)36-33-30-27-25-22-23-26-29-32-35-41(2)3/h33,36,41-44,48-49H,7-32,34-35,37-40H2,1-6H3,(H-,46,50,51,52)/b36-33+/t42-,43+,44?/m0/s1. The molecule has 0 saturated carbocycles. The van der Waals surface area contributed by atoms with Crippen LogP contribution in [0.4, 0.5) is 0 Å². The highest BCUT2D eigenvalue weighted by atomic mass is 31.2. The van der Waals surface area contributed by atoms with E-state index in [0.717, 1.165) is 44.4 Å². The van der Waals surface area contributed by atoms with Gasteiger partial charge in [-0.05, 0) is 25.2 Å². The van der Waals surface area contributed by atoms with Crippen molar-refractivity contribution in [1.29, 1.82) is 0 Å². The number of amides is 1. The lowest BCUT2D eigenvalue weighted by molar-refractivity contribution is -0.870. The van der Waals surface area contributed by atoms with E-state index in [1.807, 2.05) is 27.2 Å². The molecule has 55 heavy (non-hydrogen) atoms. The Morgan fingerprint density at radius 2 is 1.09 bits per heavy atom. The van der Waals surface area contributed by atoms with Crippen molar-refractivity contribution >= 4 is 13.7 Å². The first-order valence-electron chi connectivity index (χ1n) is 23.0. The second-order valence-electron chi connectivity index (χ2n) is 17.7. The van der Waals surface area contributed by atoms with Gasteiger partial charge in [0.25, 0.3) is 7.82 Å². The molecular weight excluding hydrogens is 711 g/mol. The summed E-state index contributed by atoms with van der Waals surface area (Å²) in [7, 11) is 1.12. The van der Waals surface area contributed by atoms with Crippen molar-refractivity contribution in [3.8, 4) is 0 Å². The first-order valence-corrected chi connectivity index (χ1v) is 24.5. The van der Waals surface area contributed by atoms with Gasteiger partial charge in [0.1, 0.15) is 19.3 Å². The van der Waals surface area contributed by atoms with Crippen LogP contribution in [0, 0.1) is 5.92 Å². The zero-order chi connectivity index (χ0) is 41.0. The molecule has 0 fully saturated rings. The zero-order valence-corrected chi connectivity index (χ0v) is 37.8. The van der Waals surface area contributed by atoms with E-state index in [1.165, 1.54) is 141 Å². The molecule has 2 unspecified atom stereocenters. The maximum atomic E-state index is 12.9. The van der Waals surface area contributed by atoms with E-state index in [4.69, 9.17) is 9.05 Å². The van der Waals surface area contributed by atoms with Crippen LogP contribution >= 0.6 is 7.82 Å². The summed E-state index contributed by atoms with van der Waals surface area (Å²) in [6, 6.07) is -1.06. The van der Waals surface area contributed by atoms with Crippen molar-refractivity contribution in [3.63, 3.8) is 0 Å². The summed E-state index contributed by atoms with van der Waals surface area (Å²) >= 11 is 0. The summed E-state index contributed by atoms with van der Waals surface area (Å²) in [5, 5.41) is 24.2. The van der Waals surface area contributed by atoms with E-state index >= 15 is 0 Å². The highest BCUT2D eigenvalue weighted by Crippen LogP contribution is 2.38. The molecule has 0 aromatic rings. The van der Waals surface area contributed by atoms with Gasteiger partial charge in [-0.1, -0.05) is 200 Å². The number of quaternary nitrogens is 1. The fraction of sp³-hybridized carbons (Fsp3) is 0.933. The normalized spacial score (nSPS) is 15.1. The number of nitrogens with zero attached hydrogens (tertiary/aromatic N) is 1. The van der Waals surface area contributed by atoms with E-state index < -0.39 is 38.6 Å². The van der Waals surface area contributed by atoms with Crippen LogP contribution in [0.25, 0.3) is 0 Å². The van der Waals surface area contributed by atoms with E-state index in [0.29, 0.717) is 17.4 Å². The maximum absolute atomic E-state index is 12.9. The van der Waals surface area contributed by atoms with E-state index in [9.17, 15) is 24.5 Å². The molecule has 328 valence electrons. The lowest BCUT2D eigenvalue weighted by Gasteiger charge is -2.29. The third-order valence-corrected chi connectivity index (χ3v) is 11.5. The molecule has 3 N–H and O–H groups in total. The average molecular weight is 803 g/mol. The Hall–Kier alpha value is -0.800. The fourth-order valence-corrected chi connectivity index (χ4v) is 7.48. The van der Waals surface area contributed by atoms with Gasteiger partial charge in [0, 0.05) is 0 Å². The number of unbranched alkanes of at least 4 members (excludes halogenated alkanes) is 25. The SMILES string of the molecule is CCCCCCCCCCCCCCCCCCCCCC(O)C(=O)N[C@@H](COP(=O)([O-])OCC[N+](C)(C)C)[C@H](O)/C=C/CCCCCCCCCC(C)C. The summed E-state index contributed by atoms with van der Waals surface area (Å²) in [5.41, 5.74) is 0. The Labute approximate surface area is 340 Å². The van der Waals surface area contributed by atoms with Crippen molar-refractivity contribution < 1.29 is 38.0 Å². The van der Waals surface area contributed by atoms with Crippen molar-refractivity contribution in [3.05, 3.63) is 12.2 Å². The Kier molecular flexibility index (Phi) is 35.8. The smallest absolute Gasteiger partial charge is 0.268 e. The number of carbonyl (C=O) groups is 1. The number of phosphoric ester groups is 1. The molecule has 9 nitrogen and oxygen atoms in total. The van der Waals surface area contributed by atoms with Crippen molar-refractivity contribution in [2.75, 3.05) is 40.9 Å². The van der Waals surface area contributed by atoms with Crippen LogP contribution in [0.3, 0.4) is 0 Å². The molecule has 0 rings (SSSR count). The van der Waals surface area contributed by atoms with Crippen LogP contribution in [-0.2, 0) is 18.4 Å². The number of hydrogen-bond acceptors (Lipinski definition) is 7. The summed E-state index contributed by atoms with van der Waals surface area (Å²) in [6.45, 7) is 6.74. The first kappa shape index (κ1) is 54.2. The summed E-state index contributed by atoms with van der Waals surface area (Å²) < 4.78 is 23.1. The molecule has 0 radical (unpaired) electrons. The van der Waals surface area contributed by atoms with Gasteiger partial charge in [-0.25, -0.2) is 0 Å². The number of rotatable bonds is 41. The Morgan fingerprint density at radius 1 is 0.673 bits per heavy atom. The number of aliphatic hydroxyl groups is 2. The van der Waals surface area contributed by atoms with Gasteiger partial charge in [0.05, 0.1) is 39.9 Å². The van der Waals surface area contributed by atoms with Crippen molar-refractivity contribution in [2.24, 2.45) is 5.92 Å². The number of hydrogen-bond donors (Lipinski definition) is 3. The Balaban J connectivity index is 4.43. The minimum atomic E-state index is -4.66. The predicted molar refractivity (Wildman–Crippen MR) is 230 cm³/mol. The minimum Gasteiger partial charge on any atom is -0.756 e. The van der Waals surface area contributed by atoms with E-state index in [-0.39, 0.29) is 6.61 Å². The molecule has 0 bridgehead atoms. The summed E-state index contributed by atoms with van der Waals surface area (Å²) in [5.74, 6) is 0.138. The topological polar surface area (TPSA) is 128 Å². The molecule has 0 aromatic carbocycles. The molecule has 4 atom stereocenters. The lowest BCUT2D eigenvalue weighted by Crippen LogP contribution is -2.49.